The molecule has 2 atom stereocenters. The summed E-state index contributed by atoms with van der Waals surface area (Å²) in [6, 6.07) is 6.44. The van der Waals surface area contributed by atoms with Crippen molar-refractivity contribution in [2.24, 2.45) is 5.92 Å². The van der Waals surface area contributed by atoms with Crippen molar-refractivity contribution in [3.05, 3.63) is 35.4 Å². The largest absolute Gasteiger partial charge is 0.548 e. The van der Waals surface area contributed by atoms with Crippen molar-refractivity contribution in [1.82, 2.24) is 4.90 Å². The number of benzene rings is 1. The monoisotopic (exact) mass is 306 g/mol. The molecule has 0 radical (unpaired) electrons. The smallest absolute Gasteiger partial charge is 0.255 e. The van der Waals surface area contributed by atoms with Crippen molar-refractivity contribution in [3.8, 4) is 0 Å². The molecular weight excluding hydrogens is 286 g/mol. The Morgan fingerprint density at radius 1 is 1.38 bits per heavy atom. The lowest BCUT2D eigenvalue weighted by Crippen LogP contribution is -2.51. The summed E-state index contributed by atoms with van der Waals surface area (Å²) in [5, 5.41) is 11.2. The second-order valence-corrected chi connectivity index (χ2v) is 6.99. The van der Waals surface area contributed by atoms with Crippen LogP contribution in [0.3, 0.4) is 0 Å². The van der Waals surface area contributed by atoms with Gasteiger partial charge in [0.15, 0.2) is 0 Å². The molecule has 5 heteroatoms. The highest BCUT2D eigenvalue weighted by Gasteiger charge is 2.39. The number of carboxylic acids is 1. The number of aliphatic carboxylic acids is 1. The topological polar surface area (TPSA) is 60.4 Å². The summed E-state index contributed by atoms with van der Waals surface area (Å²) >= 11 is 1.53. The highest BCUT2D eigenvalue weighted by molar-refractivity contribution is 8.00. The molecule has 2 rings (SSSR count). The fourth-order valence-corrected chi connectivity index (χ4v) is 4.18. The van der Waals surface area contributed by atoms with E-state index in [2.05, 4.69) is 13.8 Å². The van der Waals surface area contributed by atoms with E-state index in [0.717, 1.165) is 12.0 Å². The molecular formula is C16H20NO3S-. The van der Waals surface area contributed by atoms with Gasteiger partial charge in [0.2, 0.25) is 0 Å². The Hall–Kier alpha value is -1.49. The van der Waals surface area contributed by atoms with E-state index in [1.165, 1.54) is 16.7 Å². The lowest BCUT2D eigenvalue weighted by Gasteiger charge is -2.31. The summed E-state index contributed by atoms with van der Waals surface area (Å²) in [6.45, 7) is 6.01. The molecule has 0 aliphatic carbocycles. The van der Waals surface area contributed by atoms with E-state index in [1.54, 1.807) is 12.1 Å². The molecule has 1 aliphatic rings. The molecule has 0 spiro atoms. The highest BCUT2D eigenvalue weighted by atomic mass is 32.2. The molecule has 1 aromatic carbocycles. The number of carboxylic acid groups (broad SMARTS) is 1. The van der Waals surface area contributed by atoms with Crippen LogP contribution in [0.25, 0.3) is 0 Å². The van der Waals surface area contributed by atoms with Crippen LogP contribution in [-0.2, 0) is 4.79 Å². The van der Waals surface area contributed by atoms with Gasteiger partial charge in [-0.3, -0.25) is 4.79 Å². The second kappa shape index (κ2) is 6.52. The maximum Gasteiger partial charge on any atom is 0.255 e. The van der Waals surface area contributed by atoms with Crippen molar-refractivity contribution in [3.63, 3.8) is 0 Å². The third-order valence-corrected chi connectivity index (χ3v) is 4.96. The number of carbonyl (C=O) groups is 2. The number of amides is 1. The number of nitrogens with zero attached hydrogens (tertiary/aromatic N) is 1. The minimum Gasteiger partial charge on any atom is -0.548 e. The second-order valence-electron chi connectivity index (χ2n) is 5.78. The van der Waals surface area contributed by atoms with Crippen LogP contribution in [0.2, 0.25) is 0 Å². The third-order valence-electron chi connectivity index (χ3n) is 3.65. The highest BCUT2D eigenvalue weighted by Crippen LogP contribution is 2.34. The molecule has 1 amide bonds. The van der Waals surface area contributed by atoms with Gasteiger partial charge in [-0.15, -0.1) is 11.8 Å². The van der Waals surface area contributed by atoms with E-state index in [4.69, 9.17) is 0 Å². The number of carbonyl (C=O) groups excluding carboxylic acids is 2. The minimum absolute atomic E-state index is 0.0972. The van der Waals surface area contributed by atoms with Crippen LogP contribution < -0.4 is 5.11 Å². The van der Waals surface area contributed by atoms with Crippen molar-refractivity contribution in [2.45, 2.75) is 38.6 Å². The zero-order valence-corrected chi connectivity index (χ0v) is 13.4. The minimum atomic E-state index is -1.17. The predicted molar refractivity (Wildman–Crippen MR) is 81.8 cm³/mol. The Bertz CT molecular complexity index is 544. The molecule has 1 aromatic rings. The van der Waals surface area contributed by atoms with Crippen molar-refractivity contribution < 1.29 is 14.7 Å². The predicted octanol–water partition coefficient (Wildman–Crippen LogP) is 1.67. The molecule has 0 N–H and O–H groups in total. The molecule has 1 aliphatic heterocycles. The first-order chi connectivity index (χ1) is 9.91. The van der Waals surface area contributed by atoms with Crippen molar-refractivity contribution in [1.29, 1.82) is 0 Å². The van der Waals surface area contributed by atoms with Gasteiger partial charge in [-0.1, -0.05) is 32.0 Å². The molecule has 1 saturated heterocycles. The van der Waals surface area contributed by atoms with Crippen molar-refractivity contribution in [2.75, 3.05) is 5.75 Å². The van der Waals surface area contributed by atoms with E-state index < -0.39 is 12.0 Å². The Morgan fingerprint density at radius 2 is 2.05 bits per heavy atom. The Kier molecular flexibility index (Phi) is 4.93. The standard InChI is InChI=1S/C16H21NO3S/c1-10(2)8-14-17(13(9-21-14)16(19)20)15(18)12-7-5-4-6-11(12)3/h4-7,10,13-14H,8-9H2,1-3H3,(H,19,20)/p-1/t13-,14-/m1/s1. The summed E-state index contributed by atoms with van der Waals surface area (Å²) < 4.78 is 0. The summed E-state index contributed by atoms with van der Waals surface area (Å²) in [4.78, 5) is 25.6. The molecule has 1 heterocycles. The third kappa shape index (κ3) is 3.40. The first-order valence-electron chi connectivity index (χ1n) is 7.12. The molecule has 4 nitrogen and oxygen atoms in total. The van der Waals surface area contributed by atoms with Gasteiger partial charge in [-0.2, -0.15) is 0 Å². The molecule has 1 fully saturated rings. The van der Waals surface area contributed by atoms with Gasteiger partial charge in [0.05, 0.1) is 17.4 Å². The van der Waals surface area contributed by atoms with Crippen LogP contribution in [0.4, 0.5) is 0 Å². The van der Waals surface area contributed by atoms with Gasteiger partial charge in [0, 0.05) is 11.3 Å². The average molecular weight is 306 g/mol. The van der Waals surface area contributed by atoms with Gasteiger partial charge >= 0.3 is 0 Å². The number of hydrogen-bond acceptors (Lipinski definition) is 4. The molecule has 0 aromatic heterocycles. The van der Waals surface area contributed by atoms with Gasteiger partial charge in [0.25, 0.3) is 5.91 Å². The zero-order valence-electron chi connectivity index (χ0n) is 12.5. The maximum atomic E-state index is 12.8. The number of rotatable bonds is 4. The van der Waals surface area contributed by atoms with Crippen LogP contribution in [0.15, 0.2) is 24.3 Å². The zero-order chi connectivity index (χ0) is 15.6. The van der Waals surface area contributed by atoms with Gasteiger partial charge in [0.1, 0.15) is 0 Å². The van der Waals surface area contributed by atoms with Gasteiger partial charge in [-0.25, -0.2) is 0 Å². The summed E-state index contributed by atoms with van der Waals surface area (Å²) in [5.41, 5.74) is 1.43. The molecule has 0 saturated carbocycles. The maximum absolute atomic E-state index is 12.8. The Labute approximate surface area is 129 Å². The van der Waals surface area contributed by atoms with E-state index in [-0.39, 0.29) is 11.3 Å². The average Bonchev–Trinajstić information content (AvgIpc) is 2.81. The molecule has 114 valence electrons. The van der Waals surface area contributed by atoms with Crippen LogP contribution in [0.5, 0.6) is 0 Å². The normalized spacial score (nSPS) is 21.8. The Morgan fingerprint density at radius 3 is 2.62 bits per heavy atom. The van der Waals surface area contributed by atoms with Crippen LogP contribution in [0, 0.1) is 12.8 Å². The Balaban J connectivity index is 2.32. The van der Waals surface area contributed by atoms with E-state index in [9.17, 15) is 14.7 Å². The van der Waals surface area contributed by atoms with Crippen LogP contribution in [-0.4, -0.2) is 33.9 Å². The van der Waals surface area contributed by atoms with Crippen LogP contribution in [0.1, 0.15) is 36.2 Å². The SMILES string of the molecule is Cc1ccccc1C(=O)N1[C@@H](C(=O)[O-])CS[C@@H]1CC(C)C. The quantitative estimate of drug-likeness (QED) is 0.849. The van der Waals surface area contributed by atoms with Crippen molar-refractivity contribution >= 4 is 23.6 Å². The number of hydrogen-bond donors (Lipinski definition) is 0. The molecule has 0 bridgehead atoms. The van der Waals surface area contributed by atoms with Gasteiger partial charge < -0.3 is 14.8 Å². The molecule has 0 unspecified atom stereocenters. The summed E-state index contributed by atoms with van der Waals surface area (Å²) in [6.07, 6.45) is 0.784. The fourth-order valence-electron chi connectivity index (χ4n) is 2.55. The number of thioether (sulfide) groups is 1. The number of aryl methyl sites for hydroxylation is 1. The summed E-state index contributed by atoms with van der Waals surface area (Å²) in [7, 11) is 0. The first-order valence-corrected chi connectivity index (χ1v) is 8.17. The van der Waals surface area contributed by atoms with E-state index in [1.807, 2.05) is 19.1 Å². The van der Waals surface area contributed by atoms with E-state index >= 15 is 0 Å². The molecule has 21 heavy (non-hydrogen) atoms. The lowest BCUT2D eigenvalue weighted by atomic mass is 10.0. The van der Waals surface area contributed by atoms with Gasteiger partial charge in [-0.05, 0) is 30.9 Å². The van der Waals surface area contributed by atoms with E-state index in [0.29, 0.717) is 17.2 Å². The fraction of sp³-hybridized carbons (Fsp3) is 0.500. The van der Waals surface area contributed by atoms with Crippen LogP contribution >= 0.6 is 11.8 Å². The summed E-state index contributed by atoms with van der Waals surface area (Å²) in [5.74, 6) is -0.582. The first kappa shape index (κ1) is 15.9. The lowest BCUT2D eigenvalue weighted by molar-refractivity contribution is -0.310.